The zero-order valence-corrected chi connectivity index (χ0v) is 19.7. The summed E-state index contributed by atoms with van der Waals surface area (Å²) < 4.78 is 4.31. The number of carbonyl (C=O) groups is 1. The standard InChI is InChI=1S/C23H29N5O3S/c1-5-6-12-27-16(3)15(2)25-22(27)32-14-18(29)19-20(24)28(23(31)26(4)21(19)30)13-17-10-8-7-9-11-17/h7-11H,5-6,12-14,24H2,1-4H3. The highest BCUT2D eigenvalue weighted by atomic mass is 32.2. The van der Waals surface area contributed by atoms with Gasteiger partial charge in [-0.15, -0.1) is 0 Å². The van der Waals surface area contributed by atoms with E-state index in [0.29, 0.717) is 0 Å². The van der Waals surface area contributed by atoms with Gasteiger partial charge in [0, 0.05) is 19.3 Å². The van der Waals surface area contributed by atoms with Gasteiger partial charge in [0.25, 0.3) is 5.56 Å². The molecule has 0 fully saturated rings. The van der Waals surface area contributed by atoms with E-state index in [4.69, 9.17) is 5.73 Å². The van der Waals surface area contributed by atoms with Crippen LogP contribution in [-0.2, 0) is 20.1 Å². The smallest absolute Gasteiger partial charge is 0.332 e. The summed E-state index contributed by atoms with van der Waals surface area (Å²) in [7, 11) is 1.36. The van der Waals surface area contributed by atoms with Crippen molar-refractivity contribution in [3.8, 4) is 0 Å². The van der Waals surface area contributed by atoms with Crippen LogP contribution in [0.25, 0.3) is 0 Å². The molecule has 0 spiro atoms. The van der Waals surface area contributed by atoms with Crippen LogP contribution in [0.2, 0.25) is 0 Å². The van der Waals surface area contributed by atoms with Crippen LogP contribution >= 0.6 is 11.8 Å². The van der Waals surface area contributed by atoms with Crippen molar-refractivity contribution in [2.24, 2.45) is 7.05 Å². The summed E-state index contributed by atoms with van der Waals surface area (Å²) >= 11 is 1.28. The van der Waals surface area contributed by atoms with Gasteiger partial charge in [-0.1, -0.05) is 55.4 Å². The van der Waals surface area contributed by atoms with E-state index in [0.717, 1.165) is 46.1 Å². The number of anilines is 1. The van der Waals surface area contributed by atoms with Crippen molar-refractivity contribution in [2.45, 2.75) is 51.9 Å². The molecule has 0 radical (unpaired) electrons. The monoisotopic (exact) mass is 455 g/mol. The molecule has 3 aromatic rings. The van der Waals surface area contributed by atoms with Crippen molar-refractivity contribution in [1.82, 2.24) is 18.7 Å². The number of hydrogen-bond donors (Lipinski definition) is 1. The average Bonchev–Trinajstić information content (AvgIpc) is 3.06. The van der Waals surface area contributed by atoms with Gasteiger partial charge in [0.1, 0.15) is 11.4 Å². The predicted octanol–water partition coefficient (Wildman–Crippen LogP) is 2.77. The Morgan fingerprint density at radius 3 is 2.47 bits per heavy atom. The molecule has 2 heterocycles. The van der Waals surface area contributed by atoms with Crippen molar-refractivity contribution < 1.29 is 4.79 Å². The lowest BCUT2D eigenvalue weighted by atomic mass is 10.2. The van der Waals surface area contributed by atoms with Crippen molar-refractivity contribution in [2.75, 3.05) is 11.5 Å². The fraction of sp³-hybridized carbons (Fsp3) is 0.391. The molecular weight excluding hydrogens is 426 g/mol. The minimum atomic E-state index is -0.677. The quantitative estimate of drug-likeness (QED) is 0.393. The maximum atomic E-state index is 13.1. The Kier molecular flexibility index (Phi) is 7.40. The zero-order valence-electron chi connectivity index (χ0n) is 18.9. The first-order valence-corrected chi connectivity index (χ1v) is 11.6. The molecule has 8 nitrogen and oxygen atoms in total. The molecule has 0 saturated carbocycles. The second-order valence-corrected chi connectivity index (χ2v) is 8.70. The van der Waals surface area contributed by atoms with Crippen LogP contribution in [0.15, 0.2) is 45.1 Å². The van der Waals surface area contributed by atoms with E-state index in [-0.39, 0.29) is 23.7 Å². The van der Waals surface area contributed by atoms with Crippen molar-refractivity contribution in [3.05, 3.63) is 73.7 Å². The molecule has 0 saturated heterocycles. The van der Waals surface area contributed by atoms with Crippen LogP contribution in [0, 0.1) is 13.8 Å². The van der Waals surface area contributed by atoms with Crippen molar-refractivity contribution in [1.29, 1.82) is 0 Å². The number of thioether (sulfide) groups is 1. The Morgan fingerprint density at radius 2 is 1.81 bits per heavy atom. The maximum Gasteiger partial charge on any atom is 0.332 e. The molecule has 1 aromatic carbocycles. The number of aromatic nitrogens is 4. The molecule has 3 rings (SSSR count). The molecule has 2 N–H and O–H groups in total. The van der Waals surface area contributed by atoms with E-state index in [9.17, 15) is 14.4 Å². The van der Waals surface area contributed by atoms with Gasteiger partial charge in [-0.3, -0.25) is 18.7 Å². The van der Waals surface area contributed by atoms with Crippen LogP contribution in [0.3, 0.4) is 0 Å². The molecule has 9 heteroatoms. The summed E-state index contributed by atoms with van der Waals surface area (Å²) in [6.07, 6.45) is 2.06. The fourth-order valence-corrected chi connectivity index (χ4v) is 4.47. The number of nitrogens with two attached hydrogens (primary N) is 1. The summed E-state index contributed by atoms with van der Waals surface area (Å²) in [4.78, 5) is 43.1. The molecule has 0 unspecified atom stereocenters. The highest BCUT2D eigenvalue weighted by Crippen LogP contribution is 2.23. The number of carbonyl (C=O) groups excluding carboxylic acids is 1. The van der Waals surface area contributed by atoms with Gasteiger partial charge in [-0.2, -0.15) is 0 Å². The van der Waals surface area contributed by atoms with Crippen LogP contribution < -0.4 is 17.0 Å². The second-order valence-electron chi connectivity index (χ2n) is 7.76. The Labute approximate surface area is 191 Å². The summed E-state index contributed by atoms with van der Waals surface area (Å²) in [6, 6.07) is 9.29. The molecular formula is C23H29N5O3S. The number of imidazole rings is 1. The lowest BCUT2D eigenvalue weighted by Crippen LogP contribution is -2.43. The largest absolute Gasteiger partial charge is 0.384 e. The van der Waals surface area contributed by atoms with E-state index < -0.39 is 17.0 Å². The number of unbranched alkanes of at least 4 members (excludes halogenated alkanes) is 1. The molecule has 0 amide bonds. The number of Topliss-reactive ketones (excluding diaryl/α,β-unsaturated/α-hetero) is 1. The maximum absolute atomic E-state index is 13.1. The number of nitrogen functional groups attached to an aromatic ring is 1. The van der Waals surface area contributed by atoms with Crippen LogP contribution in [-0.4, -0.2) is 30.2 Å². The minimum Gasteiger partial charge on any atom is -0.384 e. The number of benzene rings is 1. The molecule has 170 valence electrons. The highest BCUT2D eigenvalue weighted by Gasteiger charge is 2.23. The van der Waals surface area contributed by atoms with Crippen molar-refractivity contribution >= 4 is 23.4 Å². The number of nitrogens with zero attached hydrogens (tertiary/aromatic N) is 4. The third-order valence-corrected chi connectivity index (χ3v) is 6.51. The van der Waals surface area contributed by atoms with Gasteiger partial charge in [0.2, 0.25) is 0 Å². The first-order valence-electron chi connectivity index (χ1n) is 10.6. The first kappa shape index (κ1) is 23.6. The SMILES string of the molecule is CCCCn1c(SCC(=O)c2c(N)n(Cc3ccccc3)c(=O)n(C)c2=O)nc(C)c1C. The number of ketones is 1. The lowest BCUT2D eigenvalue weighted by molar-refractivity contribution is 0.102. The van der Waals surface area contributed by atoms with Gasteiger partial charge >= 0.3 is 5.69 Å². The third-order valence-electron chi connectivity index (χ3n) is 5.54. The number of hydrogen-bond acceptors (Lipinski definition) is 6. The van der Waals surface area contributed by atoms with Gasteiger partial charge in [-0.05, 0) is 25.8 Å². The summed E-state index contributed by atoms with van der Waals surface area (Å²) in [5, 5.41) is 0.745. The Hall–Kier alpha value is -3.07. The van der Waals surface area contributed by atoms with Gasteiger partial charge < -0.3 is 10.3 Å². The third kappa shape index (κ3) is 4.72. The topological polar surface area (TPSA) is 105 Å². The lowest BCUT2D eigenvalue weighted by Gasteiger charge is -2.15. The number of rotatable bonds is 9. The van der Waals surface area contributed by atoms with Crippen LogP contribution in [0.1, 0.15) is 47.1 Å². The molecule has 0 aliphatic carbocycles. The average molecular weight is 456 g/mol. The van der Waals surface area contributed by atoms with Crippen LogP contribution in [0.4, 0.5) is 5.82 Å². The Morgan fingerprint density at radius 1 is 1.12 bits per heavy atom. The van der Waals surface area contributed by atoms with Crippen LogP contribution in [0.5, 0.6) is 0 Å². The van der Waals surface area contributed by atoms with Gasteiger partial charge in [-0.25, -0.2) is 9.78 Å². The van der Waals surface area contributed by atoms with E-state index >= 15 is 0 Å². The molecule has 2 aromatic heterocycles. The van der Waals surface area contributed by atoms with E-state index in [1.807, 2.05) is 44.2 Å². The Balaban J connectivity index is 1.91. The van der Waals surface area contributed by atoms with Gasteiger partial charge in [0.15, 0.2) is 10.9 Å². The predicted molar refractivity (Wildman–Crippen MR) is 128 cm³/mol. The summed E-state index contributed by atoms with van der Waals surface area (Å²) in [5.74, 6) is -0.519. The minimum absolute atomic E-state index is 0.00496. The summed E-state index contributed by atoms with van der Waals surface area (Å²) in [6.45, 7) is 7.07. The molecule has 0 aliphatic rings. The summed E-state index contributed by atoms with van der Waals surface area (Å²) in [5.41, 5.74) is 7.64. The molecule has 0 atom stereocenters. The van der Waals surface area contributed by atoms with E-state index in [1.165, 1.54) is 23.4 Å². The second kappa shape index (κ2) is 10.0. The molecule has 32 heavy (non-hydrogen) atoms. The van der Waals surface area contributed by atoms with E-state index in [1.54, 1.807) is 0 Å². The highest BCUT2D eigenvalue weighted by molar-refractivity contribution is 7.99. The normalized spacial score (nSPS) is 11.1. The van der Waals surface area contributed by atoms with Gasteiger partial charge in [0.05, 0.1) is 18.0 Å². The fourth-order valence-electron chi connectivity index (χ4n) is 3.48. The van der Waals surface area contributed by atoms with Crippen molar-refractivity contribution in [3.63, 3.8) is 0 Å². The molecule has 0 bridgehead atoms. The van der Waals surface area contributed by atoms with E-state index in [2.05, 4.69) is 16.5 Å². The zero-order chi connectivity index (χ0) is 23.4. The number of aryl methyl sites for hydroxylation is 1. The Bertz CT molecular complexity index is 1240. The molecule has 0 aliphatic heterocycles. The first-order chi connectivity index (χ1) is 15.3.